The van der Waals surface area contributed by atoms with Crippen LogP contribution in [-0.2, 0) is 14.8 Å². The van der Waals surface area contributed by atoms with Gasteiger partial charge in [0, 0.05) is 0 Å². The SMILES string of the molecule is COc1ccc(N(CC(=O)O)S(=O)(=O)c2cc(C)ccc2OC)cc1. The van der Waals surface area contributed by atoms with Gasteiger partial charge in [-0.1, -0.05) is 6.07 Å². The topological polar surface area (TPSA) is 93.1 Å². The number of anilines is 1. The average Bonchev–Trinajstić information content (AvgIpc) is 2.59. The summed E-state index contributed by atoms with van der Waals surface area (Å²) in [5.74, 6) is -0.593. The Hall–Kier alpha value is -2.74. The van der Waals surface area contributed by atoms with Gasteiger partial charge in [-0.05, 0) is 48.9 Å². The van der Waals surface area contributed by atoms with E-state index in [0.29, 0.717) is 11.3 Å². The van der Waals surface area contributed by atoms with Gasteiger partial charge in [0.15, 0.2) is 0 Å². The van der Waals surface area contributed by atoms with Crippen LogP contribution >= 0.6 is 0 Å². The van der Waals surface area contributed by atoms with Crippen LogP contribution in [0.25, 0.3) is 0 Å². The Balaban J connectivity index is 2.59. The quantitative estimate of drug-likeness (QED) is 0.809. The van der Waals surface area contributed by atoms with Crippen molar-refractivity contribution in [2.75, 3.05) is 25.1 Å². The van der Waals surface area contributed by atoms with E-state index in [1.807, 2.05) is 0 Å². The number of ether oxygens (including phenoxy) is 2. The van der Waals surface area contributed by atoms with E-state index >= 15 is 0 Å². The Morgan fingerprint density at radius 3 is 2.24 bits per heavy atom. The summed E-state index contributed by atoms with van der Waals surface area (Å²) in [4.78, 5) is 11.2. The number of aryl methyl sites for hydroxylation is 1. The molecular formula is C17H19NO6S. The lowest BCUT2D eigenvalue weighted by Gasteiger charge is -2.24. The van der Waals surface area contributed by atoms with Crippen molar-refractivity contribution in [2.45, 2.75) is 11.8 Å². The van der Waals surface area contributed by atoms with Crippen molar-refractivity contribution < 1.29 is 27.8 Å². The Kier molecular flexibility index (Phi) is 5.53. The van der Waals surface area contributed by atoms with Gasteiger partial charge in [0.05, 0.1) is 19.9 Å². The molecule has 0 aromatic heterocycles. The van der Waals surface area contributed by atoms with Crippen LogP contribution in [0.5, 0.6) is 11.5 Å². The first-order chi connectivity index (χ1) is 11.8. The highest BCUT2D eigenvalue weighted by Crippen LogP contribution is 2.31. The van der Waals surface area contributed by atoms with Crippen LogP contribution in [-0.4, -0.2) is 40.3 Å². The van der Waals surface area contributed by atoms with Crippen LogP contribution in [0.4, 0.5) is 5.69 Å². The summed E-state index contributed by atoms with van der Waals surface area (Å²) in [7, 11) is -1.30. The van der Waals surface area contributed by atoms with E-state index in [2.05, 4.69) is 0 Å². The minimum absolute atomic E-state index is 0.0907. The Morgan fingerprint density at radius 2 is 1.72 bits per heavy atom. The molecule has 25 heavy (non-hydrogen) atoms. The second kappa shape index (κ2) is 7.43. The smallest absolute Gasteiger partial charge is 0.324 e. The summed E-state index contributed by atoms with van der Waals surface area (Å²) in [5, 5.41) is 9.18. The van der Waals surface area contributed by atoms with Crippen molar-refractivity contribution in [2.24, 2.45) is 0 Å². The molecule has 0 spiro atoms. The number of hydrogen-bond acceptors (Lipinski definition) is 5. The normalized spacial score (nSPS) is 11.0. The van der Waals surface area contributed by atoms with Crippen LogP contribution in [0.3, 0.4) is 0 Å². The number of hydrogen-bond donors (Lipinski definition) is 1. The number of benzene rings is 2. The second-order valence-electron chi connectivity index (χ2n) is 5.26. The molecule has 0 fully saturated rings. The third kappa shape index (κ3) is 4.03. The van der Waals surface area contributed by atoms with E-state index in [-0.39, 0.29) is 16.3 Å². The molecule has 0 heterocycles. The van der Waals surface area contributed by atoms with Gasteiger partial charge in [-0.2, -0.15) is 0 Å². The second-order valence-corrected chi connectivity index (χ2v) is 7.09. The fraction of sp³-hybridized carbons (Fsp3) is 0.235. The number of sulfonamides is 1. The molecule has 0 aliphatic carbocycles. The highest BCUT2D eigenvalue weighted by Gasteiger charge is 2.30. The fourth-order valence-electron chi connectivity index (χ4n) is 2.29. The number of methoxy groups -OCH3 is 2. The molecule has 0 atom stereocenters. The highest BCUT2D eigenvalue weighted by atomic mass is 32.2. The van der Waals surface area contributed by atoms with Gasteiger partial charge < -0.3 is 14.6 Å². The molecule has 0 aliphatic rings. The van der Waals surface area contributed by atoms with Crippen molar-refractivity contribution in [3.63, 3.8) is 0 Å². The molecule has 0 aliphatic heterocycles. The van der Waals surface area contributed by atoms with Gasteiger partial charge in [-0.3, -0.25) is 9.10 Å². The molecule has 1 N–H and O–H groups in total. The van der Waals surface area contributed by atoms with Gasteiger partial charge in [-0.25, -0.2) is 8.42 Å². The lowest BCUT2D eigenvalue weighted by molar-refractivity contribution is -0.135. The van der Waals surface area contributed by atoms with Gasteiger partial charge in [-0.15, -0.1) is 0 Å². The molecule has 2 aromatic carbocycles. The molecule has 134 valence electrons. The van der Waals surface area contributed by atoms with Gasteiger partial charge in [0.25, 0.3) is 10.0 Å². The molecule has 7 nitrogen and oxygen atoms in total. The van der Waals surface area contributed by atoms with Crippen LogP contribution < -0.4 is 13.8 Å². The molecule has 0 unspecified atom stereocenters. The number of carboxylic acids is 1. The number of nitrogens with zero attached hydrogens (tertiary/aromatic N) is 1. The maximum absolute atomic E-state index is 13.1. The zero-order chi connectivity index (χ0) is 18.6. The van der Waals surface area contributed by atoms with Crippen molar-refractivity contribution in [3.8, 4) is 11.5 Å². The van der Waals surface area contributed by atoms with Crippen LogP contribution in [0, 0.1) is 6.92 Å². The molecule has 2 aromatic rings. The van der Waals surface area contributed by atoms with Crippen molar-refractivity contribution in [1.29, 1.82) is 0 Å². The van der Waals surface area contributed by atoms with Gasteiger partial charge in [0.2, 0.25) is 0 Å². The lowest BCUT2D eigenvalue weighted by atomic mass is 10.2. The van der Waals surface area contributed by atoms with E-state index in [1.54, 1.807) is 25.1 Å². The standard InChI is InChI=1S/C17H19NO6S/c1-12-4-9-15(24-3)16(10-12)25(21,22)18(11-17(19)20)13-5-7-14(23-2)8-6-13/h4-10H,11H2,1-3H3,(H,19,20). The number of carboxylic acid groups (broad SMARTS) is 1. The van der Waals surface area contributed by atoms with Crippen LogP contribution in [0.2, 0.25) is 0 Å². The first-order valence-electron chi connectivity index (χ1n) is 7.33. The van der Waals surface area contributed by atoms with Crippen molar-refractivity contribution in [1.82, 2.24) is 0 Å². The zero-order valence-corrected chi connectivity index (χ0v) is 14.9. The summed E-state index contributed by atoms with van der Waals surface area (Å²) in [6.07, 6.45) is 0. The molecule has 2 rings (SSSR count). The number of rotatable bonds is 7. The lowest BCUT2D eigenvalue weighted by Crippen LogP contribution is -2.36. The minimum atomic E-state index is -4.15. The Labute approximate surface area is 146 Å². The summed E-state index contributed by atoms with van der Waals surface area (Å²) in [6.45, 7) is 1.03. The fourth-order valence-corrected chi connectivity index (χ4v) is 3.95. The van der Waals surface area contributed by atoms with Crippen molar-refractivity contribution in [3.05, 3.63) is 48.0 Å². The van der Waals surface area contributed by atoms with Crippen molar-refractivity contribution >= 4 is 21.7 Å². The Morgan fingerprint density at radius 1 is 1.08 bits per heavy atom. The first kappa shape index (κ1) is 18.6. The van der Waals surface area contributed by atoms with E-state index in [4.69, 9.17) is 9.47 Å². The van der Waals surface area contributed by atoms with E-state index in [1.165, 1.54) is 38.5 Å². The summed E-state index contributed by atoms with van der Waals surface area (Å²) in [5.41, 5.74) is 0.927. The maximum Gasteiger partial charge on any atom is 0.324 e. The summed E-state index contributed by atoms with van der Waals surface area (Å²) < 4.78 is 37.2. The molecule has 0 amide bonds. The number of aliphatic carboxylic acids is 1. The number of carbonyl (C=O) groups is 1. The third-order valence-electron chi connectivity index (χ3n) is 3.53. The monoisotopic (exact) mass is 365 g/mol. The van der Waals surface area contributed by atoms with Crippen LogP contribution in [0.15, 0.2) is 47.4 Å². The zero-order valence-electron chi connectivity index (χ0n) is 14.1. The van der Waals surface area contributed by atoms with E-state index in [9.17, 15) is 18.3 Å². The average molecular weight is 365 g/mol. The molecule has 8 heteroatoms. The summed E-state index contributed by atoms with van der Waals surface area (Å²) in [6, 6.07) is 10.8. The molecule has 0 radical (unpaired) electrons. The summed E-state index contributed by atoms with van der Waals surface area (Å²) >= 11 is 0. The maximum atomic E-state index is 13.1. The first-order valence-corrected chi connectivity index (χ1v) is 8.77. The molecule has 0 bridgehead atoms. The molecule has 0 saturated heterocycles. The highest BCUT2D eigenvalue weighted by molar-refractivity contribution is 7.93. The predicted octanol–water partition coefficient (Wildman–Crippen LogP) is 2.29. The van der Waals surface area contributed by atoms with E-state index in [0.717, 1.165) is 4.31 Å². The minimum Gasteiger partial charge on any atom is -0.497 e. The van der Waals surface area contributed by atoms with Gasteiger partial charge in [0.1, 0.15) is 22.9 Å². The third-order valence-corrected chi connectivity index (χ3v) is 5.32. The molecule has 0 saturated carbocycles. The predicted molar refractivity (Wildman–Crippen MR) is 92.9 cm³/mol. The van der Waals surface area contributed by atoms with E-state index < -0.39 is 22.5 Å². The molecular weight excluding hydrogens is 346 g/mol. The van der Waals surface area contributed by atoms with Gasteiger partial charge >= 0.3 is 5.97 Å². The van der Waals surface area contributed by atoms with Crippen LogP contribution in [0.1, 0.15) is 5.56 Å². The largest absolute Gasteiger partial charge is 0.497 e. The Bertz CT molecular complexity index is 861.